The molecule has 1 aromatic heterocycles. The summed E-state index contributed by atoms with van der Waals surface area (Å²) in [5.74, 6) is 5.10. The predicted octanol–water partition coefficient (Wildman–Crippen LogP) is 3.23. The van der Waals surface area contributed by atoms with E-state index in [1.54, 1.807) is 6.92 Å². The maximum atomic E-state index is 13.4. The molecule has 9 heteroatoms. The van der Waals surface area contributed by atoms with E-state index < -0.39 is 10.7 Å². The summed E-state index contributed by atoms with van der Waals surface area (Å²) in [5, 5.41) is 13.8. The van der Waals surface area contributed by atoms with Crippen molar-refractivity contribution in [3.8, 4) is 0 Å². The van der Waals surface area contributed by atoms with Crippen molar-refractivity contribution in [2.75, 3.05) is 10.7 Å². The molecule has 1 heterocycles. The molecule has 0 atom stereocenters. The molecule has 0 aliphatic carbocycles. The van der Waals surface area contributed by atoms with Gasteiger partial charge in [0.25, 0.3) is 0 Å². The molecule has 7 nitrogen and oxygen atoms in total. The van der Waals surface area contributed by atoms with Crippen LogP contribution in [0.2, 0.25) is 0 Å². The Morgan fingerprint density at radius 3 is 2.76 bits per heavy atom. The SMILES string of the molecule is Cc1cc(F)c(Br)cc1Nc1nc(NN)ccc1[N+](=O)[O-]. The lowest BCUT2D eigenvalue weighted by atomic mass is 10.2. The van der Waals surface area contributed by atoms with Gasteiger partial charge in [-0.3, -0.25) is 10.1 Å². The minimum atomic E-state index is -0.566. The molecule has 2 aromatic rings. The molecule has 0 saturated carbocycles. The number of halogens is 2. The normalized spacial score (nSPS) is 10.3. The Balaban J connectivity index is 2.47. The zero-order chi connectivity index (χ0) is 15.6. The van der Waals surface area contributed by atoms with Crippen LogP contribution < -0.4 is 16.6 Å². The lowest BCUT2D eigenvalue weighted by molar-refractivity contribution is -0.384. The van der Waals surface area contributed by atoms with E-state index in [0.717, 1.165) is 0 Å². The van der Waals surface area contributed by atoms with Crippen molar-refractivity contribution in [1.82, 2.24) is 4.98 Å². The summed E-state index contributed by atoms with van der Waals surface area (Å²) in [7, 11) is 0. The van der Waals surface area contributed by atoms with Crippen molar-refractivity contribution in [3.05, 3.63) is 50.2 Å². The van der Waals surface area contributed by atoms with Crippen molar-refractivity contribution < 1.29 is 9.31 Å². The second-order valence-corrected chi connectivity index (χ2v) is 5.03. The summed E-state index contributed by atoms with van der Waals surface area (Å²) < 4.78 is 13.6. The van der Waals surface area contributed by atoms with Crippen LogP contribution in [-0.2, 0) is 0 Å². The van der Waals surface area contributed by atoms with Gasteiger partial charge in [0, 0.05) is 11.8 Å². The Labute approximate surface area is 127 Å². The zero-order valence-electron chi connectivity index (χ0n) is 10.9. The number of pyridine rings is 1. The molecule has 0 saturated heterocycles. The fourth-order valence-corrected chi connectivity index (χ4v) is 2.02. The molecule has 0 fully saturated rings. The number of hydrazine groups is 1. The lowest BCUT2D eigenvalue weighted by Gasteiger charge is -2.11. The van der Waals surface area contributed by atoms with Crippen molar-refractivity contribution in [2.45, 2.75) is 6.92 Å². The van der Waals surface area contributed by atoms with E-state index >= 15 is 0 Å². The van der Waals surface area contributed by atoms with Gasteiger partial charge in [-0.25, -0.2) is 15.2 Å². The number of aromatic nitrogens is 1. The topological polar surface area (TPSA) is 106 Å². The van der Waals surface area contributed by atoms with Crippen LogP contribution in [0.1, 0.15) is 5.56 Å². The van der Waals surface area contributed by atoms with E-state index in [-0.39, 0.29) is 21.8 Å². The number of nitrogens with one attached hydrogen (secondary N) is 2. The first kappa shape index (κ1) is 15.1. The Morgan fingerprint density at radius 1 is 1.43 bits per heavy atom. The van der Waals surface area contributed by atoms with Crippen LogP contribution in [0.25, 0.3) is 0 Å². The van der Waals surface area contributed by atoms with Gasteiger partial charge < -0.3 is 10.7 Å². The first-order valence-corrected chi connectivity index (χ1v) is 6.56. The molecule has 0 bridgehead atoms. The van der Waals surface area contributed by atoms with Crippen LogP contribution in [0.15, 0.2) is 28.7 Å². The summed E-state index contributed by atoms with van der Waals surface area (Å²) in [5.41, 5.74) is 3.17. The van der Waals surface area contributed by atoms with E-state index in [4.69, 9.17) is 5.84 Å². The van der Waals surface area contributed by atoms with E-state index in [0.29, 0.717) is 11.3 Å². The fraction of sp³-hybridized carbons (Fsp3) is 0.0833. The average molecular weight is 356 g/mol. The van der Waals surface area contributed by atoms with Gasteiger partial charge in [-0.2, -0.15) is 0 Å². The quantitative estimate of drug-likeness (QED) is 0.441. The summed E-state index contributed by atoms with van der Waals surface area (Å²) in [6, 6.07) is 5.46. The summed E-state index contributed by atoms with van der Waals surface area (Å²) in [6.07, 6.45) is 0. The molecule has 0 aliphatic heterocycles. The number of aryl methyl sites for hydroxylation is 1. The monoisotopic (exact) mass is 355 g/mol. The van der Waals surface area contributed by atoms with Gasteiger partial charge in [0.2, 0.25) is 5.82 Å². The van der Waals surface area contributed by atoms with E-state index in [1.165, 1.54) is 24.3 Å². The molecule has 0 spiro atoms. The number of anilines is 3. The Hall–Kier alpha value is -2.26. The third-order valence-corrected chi connectivity index (χ3v) is 3.35. The van der Waals surface area contributed by atoms with Gasteiger partial charge in [0.05, 0.1) is 9.40 Å². The number of nitrogen functional groups attached to an aromatic ring is 1. The molecule has 1 aromatic carbocycles. The van der Waals surface area contributed by atoms with Crippen molar-refractivity contribution in [3.63, 3.8) is 0 Å². The maximum Gasteiger partial charge on any atom is 0.311 e. The largest absolute Gasteiger partial charge is 0.334 e. The number of hydrogen-bond donors (Lipinski definition) is 3. The molecule has 110 valence electrons. The molecule has 0 unspecified atom stereocenters. The predicted molar refractivity (Wildman–Crippen MR) is 80.8 cm³/mol. The van der Waals surface area contributed by atoms with Crippen LogP contribution in [0.4, 0.5) is 27.4 Å². The molecule has 0 amide bonds. The molecule has 0 radical (unpaired) electrons. The van der Waals surface area contributed by atoms with E-state index in [2.05, 4.69) is 31.7 Å². The maximum absolute atomic E-state index is 13.4. The van der Waals surface area contributed by atoms with Gasteiger partial charge in [-0.05, 0) is 46.6 Å². The number of rotatable bonds is 4. The van der Waals surface area contributed by atoms with Gasteiger partial charge in [-0.1, -0.05) is 0 Å². The highest BCUT2D eigenvalue weighted by Crippen LogP contribution is 2.31. The number of hydrogen-bond acceptors (Lipinski definition) is 6. The second kappa shape index (κ2) is 6.02. The summed E-state index contributed by atoms with van der Waals surface area (Å²) in [6.45, 7) is 1.68. The van der Waals surface area contributed by atoms with Gasteiger partial charge in [0.1, 0.15) is 11.6 Å². The number of nitrogens with two attached hydrogens (primary N) is 1. The molecular weight excluding hydrogens is 345 g/mol. The van der Waals surface area contributed by atoms with E-state index in [9.17, 15) is 14.5 Å². The first-order valence-electron chi connectivity index (χ1n) is 5.77. The van der Waals surface area contributed by atoms with Crippen LogP contribution >= 0.6 is 15.9 Å². The second-order valence-electron chi connectivity index (χ2n) is 4.17. The first-order chi connectivity index (χ1) is 9.92. The highest BCUT2D eigenvalue weighted by Gasteiger charge is 2.17. The molecule has 0 aliphatic rings. The molecular formula is C12H11BrFN5O2. The number of nitro groups is 1. The Kier molecular flexibility index (Phi) is 4.34. The van der Waals surface area contributed by atoms with Crippen molar-refractivity contribution in [1.29, 1.82) is 0 Å². The third-order valence-electron chi connectivity index (χ3n) is 2.74. The number of nitrogens with zero attached hydrogens (tertiary/aromatic N) is 2. The van der Waals surface area contributed by atoms with Crippen LogP contribution in [-0.4, -0.2) is 9.91 Å². The van der Waals surface area contributed by atoms with Crippen LogP contribution in [0, 0.1) is 22.9 Å². The molecule has 4 N–H and O–H groups in total. The molecule has 21 heavy (non-hydrogen) atoms. The summed E-state index contributed by atoms with van der Waals surface area (Å²) in [4.78, 5) is 14.5. The minimum Gasteiger partial charge on any atom is -0.334 e. The summed E-state index contributed by atoms with van der Waals surface area (Å²) >= 11 is 3.07. The van der Waals surface area contributed by atoms with Gasteiger partial charge >= 0.3 is 5.69 Å². The lowest BCUT2D eigenvalue weighted by Crippen LogP contribution is -2.10. The van der Waals surface area contributed by atoms with E-state index in [1.807, 2.05) is 0 Å². The van der Waals surface area contributed by atoms with Gasteiger partial charge in [0.15, 0.2) is 0 Å². The van der Waals surface area contributed by atoms with Crippen LogP contribution in [0.5, 0.6) is 0 Å². The van der Waals surface area contributed by atoms with Crippen molar-refractivity contribution >= 4 is 38.9 Å². The smallest absolute Gasteiger partial charge is 0.311 e. The highest BCUT2D eigenvalue weighted by atomic mass is 79.9. The Morgan fingerprint density at radius 2 is 2.14 bits per heavy atom. The fourth-order valence-electron chi connectivity index (χ4n) is 1.68. The van der Waals surface area contributed by atoms with Crippen molar-refractivity contribution in [2.24, 2.45) is 5.84 Å². The zero-order valence-corrected chi connectivity index (χ0v) is 12.4. The Bertz CT molecular complexity index is 710. The standard InChI is InChI=1S/C12H11BrFN5O2/c1-6-4-8(14)7(13)5-9(6)16-12-10(19(20)21)2-3-11(17-12)18-15/h2-5H,15H2,1H3,(H2,16,17,18). The number of benzene rings is 1. The average Bonchev–Trinajstić information content (AvgIpc) is 2.44. The minimum absolute atomic E-state index is 0.0112. The molecule has 2 rings (SSSR count). The highest BCUT2D eigenvalue weighted by molar-refractivity contribution is 9.10. The van der Waals surface area contributed by atoms with Crippen LogP contribution in [0.3, 0.4) is 0 Å². The van der Waals surface area contributed by atoms with Gasteiger partial charge in [-0.15, -0.1) is 0 Å². The third kappa shape index (κ3) is 3.26.